The summed E-state index contributed by atoms with van der Waals surface area (Å²) in [5.41, 5.74) is 22.7. The largest absolute Gasteiger partial charge is 0.240 e. The third kappa shape index (κ3) is 5.42. The summed E-state index contributed by atoms with van der Waals surface area (Å²) in [6, 6.07) is 52.0. The smallest absolute Gasteiger partial charge is 0.201 e. The zero-order chi connectivity index (χ0) is 34.5. The van der Waals surface area contributed by atoms with Gasteiger partial charge in [0.2, 0.25) is 19.1 Å². The minimum atomic E-state index is 0.111. The van der Waals surface area contributed by atoms with Crippen LogP contribution in [0, 0.1) is 34.6 Å². The quantitative estimate of drug-likeness (QED) is 0.151. The van der Waals surface area contributed by atoms with Gasteiger partial charge in [0.25, 0.3) is 0 Å². The Hall–Kier alpha value is -5.40. The van der Waals surface area contributed by atoms with Crippen molar-refractivity contribution in [3.8, 4) is 33.5 Å². The highest BCUT2D eigenvalue weighted by Crippen LogP contribution is 2.25. The van der Waals surface area contributed by atoms with Gasteiger partial charge in [-0.1, -0.05) is 176 Å². The SMILES string of the molecule is Cc1cc2c(cc1-c1cccc[n+]1C)B(c1c(C)cc(-c3ccccc3)cc1C)c1ccccc1B2c1c(C)cc(-c2ccccc2)cc1C. The van der Waals surface area contributed by atoms with Crippen molar-refractivity contribution in [2.75, 3.05) is 0 Å². The highest BCUT2D eigenvalue weighted by atomic mass is 14.9. The molecule has 0 N–H and O–H groups in total. The first-order valence-electron chi connectivity index (χ1n) is 17.8. The second kappa shape index (κ2) is 12.8. The van der Waals surface area contributed by atoms with Crippen molar-refractivity contribution >= 4 is 46.2 Å². The lowest BCUT2D eigenvalue weighted by Gasteiger charge is -2.35. The second-order valence-electron chi connectivity index (χ2n) is 14.3. The monoisotopic (exact) mass is 642 g/mol. The highest BCUT2D eigenvalue weighted by molar-refractivity contribution is 7.11. The van der Waals surface area contributed by atoms with Crippen LogP contribution in [-0.4, -0.2) is 13.4 Å². The second-order valence-corrected chi connectivity index (χ2v) is 14.3. The third-order valence-electron chi connectivity index (χ3n) is 11.0. The molecule has 0 radical (unpaired) electrons. The maximum absolute atomic E-state index is 2.53. The van der Waals surface area contributed by atoms with Crippen molar-refractivity contribution in [1.82, 2.24) is 0 Å². The van der Waals surface area contributed by atoms with E-state index in [1.54, 1.807) is 0 Å². The van der Waals surface area contributed by atoms with Crippen molar-refractivity contribution in [1.29, 1.82) is 0 Å². The van der Waals surface area contributed by atoms with Gasteiger partial charge in [-0.2, -0.15) is 0 Å². The number of pyridine rings is 1. The summed E-state index contributed by atoms with van der Waals surface area (Å²) in [7, 11) is 2.15. The van der Waals surface area contributed by atoms with Gasteiger partial charge in [0.1, 0.15) is 7.05 Å². The molecule has 0 spiro atoms. The van der Waals surface area contributed by atoms with Crippen LogP contribution < -0.4 is 37.3 Å². The Morgan fingerprint density at radius 3 is 1.26 bits per heavy atom. The van der Waals surface area contributed by atoms with Crippen LogP contribution in [0.5, 0.6) is 0 Å². The number of hydrogen-bond acceptors (Lipinski definition) is 0. The molecule has 0 saturated carbocycles. The van der Waals surface area contributed by atoms with Crippen LogP contribution in [0.2, 0.25) is 0 Å². The Labute approximate surface area is 298 Å². The average Bonchev–Trinajstić information content (AvgIpc) is 3.12. The van der Waals surface area contributed by atoms with Crippen LogP contribution in [-0.2, 0) is 7.05 Å². The van der Waals surface area contributed by atoms with Crippen LogP contribution in [0.25, 0.3) is 33.5 Å². The predicted molar refractivity (Wildman–Crippen MR) is 216 cm³/mol. The van der Waals surface area contributed by atoms with Gasteiger partial charge in [0, 0.05) is 17.7 Å². The standard InChI is InChI=1S/C47H42B2N/c1-31-29-43-44(30-40(31)45-23-15-16-24-50(45)6)49(47-34(4)27-39(28-35(47)5)37-19-11-8-12-20-37)42-22-14-13-21-41(42)48(43)46-32(2)25-38(26-33(46)3)36-17-9-7-10-18-36/h7-30H,1-6H3/q+1. The van der Waals surface area contributed by atoms with E-state index >= 15 is 0 Å². The Bertz CT molecular complexity index is 2350. The Morgan fingerprint density at radius 1 is 0.380 bits per heavy atom. The average molecular weight is 642 g/mol. The van der Waals surface area contributed by atoms with E-state index in [9.17, 15) is 0 Å². The number of aromatic nitrogens is 1. The zero-order valence-corrected chi connectivity index (χ0v) is 30.0. The van der Waals surface area contributed by atoms with Gasteiger partial charge in [-0.15, -0.1) is 0 Å². The Balaban J connectivity index is 1.40. The van der Waals surface area contributed by atoms with Gasteiger partial charge < -0.3 is 0 Å². The molecular formula is C47H42B2N+. The normalized spacial score (nSPS) is 12.1. The summed E-state index contributed by atoms with van der Waals surface area (Å²) in [5, 5.41) is 0. The molecule has 0 unspecified atom stereocenters. The molecule has 3 heteroatoms. The molecule has 1 nitrogen and oxygen atoms in total. The van der Waals surface area contributed by atoms with Crippen molar-refractivity contribution in [2.45, 2.75) is 34.6 Å². The molecule has 240 valence electrons. The van der Waals surface area contributed by atoms with Crippen molar-refractivity contribution in [3.05, 3.63) is 174 Å². The Morgan fingerprint density at radius 2 is 0.800 bits per heavy atom. The fourth-order valence-electron chi connectivity index (χ4n) is 8.77. The summed E-state index contributed by atoms with van der Waals surface area (Å²) < 4.78 is 2.25. The topological polar surface area (TPSA) is 3.88 Å². The van der Waals surface area contributed by atoms with Gasteiger partial charge in [-0.3, -0.25) is 0 Å². The van der Waals surface area contributed by atoms with Gasteiger partial charge in [0.05, 0.1) is 0 Å². The molecule has 0 aliphatic carbocycles. The predicted octanol–water partition coefficient (Wildman–Crippen LogP) is 6.40. The number of fused-ring (bicyclic) bond motifs is 2. The molecule has 0 bridgehead atoms. The number of nitrogens with zero attached hydrogens (tertiary/aromatic N) is 1. The van der Waals surface area contributed by atoms with Crippen LogP contribution in [0.4, 0.5) is 0 Å². The molecule has 0 atom stereocenters. The summed E-state index contributed by atoms with van der Waals surface area (Å²) in [6.45, 7) is 11.8. The first kappa shape index (κ1) is 31.8. The van der Waals surface area contributed by atoms with Crippen LogP contribution in [0.3, 0.4) is 0 Å². The molecule has 50 heavy (non-hydrogen) atoms. The van der Waals surface area contributed by atoms with E-state index < -0.39 is 0 Å². The van der Waals surface area contributed by atoms with E-state index in [4.69, 9.17) is 0 Å². The summed E-state index contributed by atoms with van der Waals surface area (Å²) in [4.78, 5) is 0. The van der Waals surface area contributed by atoms with Gasteiger partial charge >= 0.3 is 0 Å². The van der Waals surface area contributed by atoms with Crippen molar-refractivity contribution < 1.29 is 4.57 Å². The lowest BCUT2D eigenvalue weighted by molar-refractivity contribution is -0.660. The summed E-state index contributed by atoms with van der Waals surface area (Å²) in [5.74, 6) is 0. The molecule has 0 amide bonds. The van der Waals surface area contributed by atoms with E-state index in [-0.39, 0.29) is 13.4 Å². The minimum Gasteiger partial charge on any atom is -0.201 e. The van der Waals surface area contributed by atoms with E-state index in [1.807, 2.05) is 0 Å². The number of hydrogen-bond donors (Lipinski definition) is 0. The van der Waals surface area contributed by atoms with Gasteiger partial charge in [-0.25, -0.2) is 4.57 Å². The fourth-order valence-corrected chi connectivity index (χ4v) is 8.77. The molecule has 0 saturated heterocycles. The summed E-state index contributed by atoms with van der Waals surface area (Å²) in [6.07, 6.45) is 2.15. The van der Waals surface area contributed by atoms with Crippen molar-refractivity contribution in [3.63, 3.8) is 0 Å². The van der Waals surface area contributed by atoms with E-state index in [2.05, 4.69) is 192 Å². The molecule has 1 aliphatic rings. The number of aryl methyl sites for hydroxylation is 6. The molecule has 0 fully saturated rings. The Kier molecular flexibility index (Phi) is 8.16. The maximum Gasteiger partial charge on any atom is 0.240 e. The molecular weight excluding hydrogens is 600 g/mol. The lowest BCUT2D eigenvalue weighted by atomic mass is 9.20. The van der Waals surface area contributed by atoms with E-state index in [0.29, 0.717) is 0 Å². The van der Waals surface area contributed by atoms with Crippen LogP contribution in [0.1, 0.15) is 27.8 Å². The number of benzene rings is 6. The van der Waals surface area contributed by atoms with Crippen LogP contribution >= 0.6 is 0 Å². The third-order valence-corrected chi connectivity index (χ3v) is 11.0. The fraction of sp³-hybridized carbons (Fsp3) is 0.128. The molecule has 7 aromatic rings. The van der Waals surface area contributed by atoms with Crippen LogP contribution in [0.15, 0.2) is 146 Å². The summed E-state index contributed by atoms with van der Waals surface area (Å²) >= 11 is 0. The minimum absolute atomic E-state index is 0.111. The number of rotatable bonds is 5. The van der Waals surface area contributed by atoms with Gasteiger partial charge in [0.15, 0.2) is 6.20 Å². The zero-order valence-electron chi connectivity index (χ0n) is 30.0. The first-order chi connectivity index (χ1) is 24.3. The molecule has 1 aromatic heterocycles. The first-order valence-corrected chi connectivity index (χ1v) is 17.8. The molecule has 2 heterocycles. The molecule has 6 aromatic carbocycles. The highest BCUT2D eigenvalue weighted by Gasteiger charge is 2.41. The van der Waals surface area contributed by atoms with Crippen molar-refractivity contribution in [2.24, 2.45) is 7.05 Å². The molecule has 1 aliphatic heterocycles. The van der Waals surface area contributed by atoms with Gasteiger partial charge in [-0.05, 0) is 68.5 Å². The van der Waals surface area contributed by atoms with E-state index in [1.165, 1.54) is 94.1 Å². The van der Waals surface area contributed by atoms with E-state index in [0.717, 1.165) is 0 Å². The lowest BCUT2D eigenvalue weighted by Crippen LogP contribution is -2.76. The maximum atomic E-state index is 2.53. The molecule has 8 rings (SSSR count).